The summed E-state index contributed by atoms with van der Waals surface area (Å²) < 4.78 is 12.7. The summed E-state index contributed by atoms with van der Waals surface area (Å²) in [7, 11) is 0. The summed E-state index contributed by atoms with van der Waals surface area (Å²) in [5, 5.41) is 9.14. The summed E-state index contributed by atoms with van der Waals surface area (Å²) in [6.07, 6.45) is 0. The Balaban J connectivity index is 1.12. The first-order valence-electron chi connectivity index (χ1n) is 27.3. The van der Waals surface area contributed by atoms with Crippen molar-refractivity contribution in [2.45, 2.75) is 105 Å². The molecule has 6 heteroatoms. The second-order valence-electron chi connectivity index (χ2n) is 26.2. The third-order valence-corrected chi connectivity index (χ3v) is 18.4. The number of rotatable bonds is 3. The molecule has 1 aliphatic carbocycles. The van der Waals surface area contributed by atoms with E-state index in [0.717, 1.165) is 50.8 Å². The van der Waals surface area contributed by atoms with E-state index in [1.165, 1.54) is 103 Å². The Morgan fingerprint density at radius 1 is 0.421 bits per heavy atom. The van der Waals surface area contributed by atoms with Crippen molar-refractivity contribution in [3.05, 3.63) is 180 Å². The zero-order valence-corrected chi connectivity index (χ0v) is 46.6. The fraction of sp³-hybridized carbons (Fsp3) is 0.229. The van der Waals surface area contributed by atoms with Gasteiger partial charge in [-0.05, 0) is 156 Å². The van der Waals surface area contributed by atoms with E-state index in [2.05, 4.69) is 255 Å². The summed E-state index contributed by atoms with van der Waals surface area (Å²) in [4.78, 5) is 5.14. The van der Waals surface area contributed by atoms with Gasteiger partial charge in [-0.25, -0.2) is 0 Å². The zero-order chi connectivity index (χ0) is 52.3. The monoisotopic (exact) mass is 1000 g/mol. The maximum atomic E-state index is 7.48. The second-order valence-corrected chi connectivity index (χ2v) is 27.3. The van der Waals surface area contributed by atoms with Gasteiger partial charge in [0.15, 0.2) is 0 Å². The number of hydrogen-bond acceptors (Lipinski definition) is 4. The van der Waals surface area contributed by atoms with E-state index in [0.29, 0.717) is 0 Å². The largest absolute Gasteiger partial charge is 0.468 e. The van der Waals surface area contributed by atoms with Crippen LogP contribution in [0.3, 0.4) is 0 Å². The Morgan fingerprint density at radius 3 is 1.62 bits per heavy atom. The Morgan fingerprint density at radius 2 is 0.961 bits per heavy atom. The molecule has 0 unspecified atom stereocenters. The van der Waals surface area contributed by atoms with Crippen molar-refractivity contribution in [1.82, 2.24) is 4.57 Å². The number of anilines is 6. The quantitative estimate of drug-likeness (QED) is 0.165. The van der Waals surface area contributed by atoms with Crippen molar-refractivity contribution in [2.75, 3.05) is 9.80 Å². The molecule has 9 aromatic carbocycles. The molecule has 4 nitrogen and oxygen atoms in total. The molecule has 0 amide bonds. The van der Waals surface area contributed by atoms with Gasteiger partial charge in [0.2, 0.25) is 0 Å². The van der Waals surface area contributed by atoms with E-state index in [1.54, 1.807) is 0 Å². The highest BCUT2D eigenvalue weighted by Gasteiger charge is 2.48. The predicted octanol–water partition coefficient (Wildman–Crippen LogP) is 18.3. The lowest BCUT2D eigenvalue weighted by Gasteiger charge is -2.43. The normalized spacial score (nSPS) is 14.2. The Labute approximate surface area is 450 Å². The summed E-state index contributed by atoms with van der Waals surface area (Å²) in [5.74, 6) is 0. The minimum atomic E-state index is -0.197. The van der Waals surface area contributed by atoms with Crippen LogP contribution in [0.2, 0.25) is 0 Å². The highest BCUT2D eigenvalue weighted by atomic mass is 32.1. The molecular formula is C70H62BN3OS. The van der Waals surface area contributed by atoms with E-state index in [-0.39, 0.29) is 28.4 Å². The predicted molar refractivity (Wildman–Crippen MR) is 329 cm³/mol. The zero-order valence-electron chi connectivity index (χ0n) is 45.7. The average Bonchev–Trinajstić information content (AvgIpc) is 4.24. The Kier molecular flexibility index (Phi) is 9.11. The first-order chi connectivity index (χ1) is 36.2. The number of nitrogens with zero attached hydrogens (tertiary/aromatic N) is 3. The van der Waals surface area contributed by atoms with Gasteiger partial charge >= 0.3 is 0 Å². The van der Waals surface area contributed by atoms with Crippen LogP contribution in [0.4, 0.5) is 34.1 Å². The van der Waals surface area contributed by atoms with Gasteiger partial charge in [-0.1, -0.05) is 162 Å². The summed E-state index contributed by atoms with van der Waals surface area (Å²) in [5.41, 5.74) is 22.5. The summed E-state index contributed by atoms with van der Waals surface area (Å²) >= 11 is 1.92. The molecule has 0 atom stereocenters. The van der Waals surface area contributed by atoms with Gasteiger partial charge in [0.25, 0.3) is 6.71 Å². The summed E-state index contributed by atoms with van der Waals surface area (Å²) in [6.45, 7) is 27.6. The van der Waals surface area contributed by atoms with Crippen LogP contribution in [-0.2, 0) is 21.7 Å². The van der Waals surface area contributed by atoms with E-state index in [1.807, 2.05) is 11.3 Å². The van der Waals surface area contributed by atoms with Crippen LogP contribution >= 0.6 is 11.3 Å². The molecule has 0 bridgehead atoms. The molecule has 3 aromatic heterocycles. The number of furan rings is 1. The van der Waals surface area contributed by atoms with Gasteiger partial charge < -0.3 is 18.8 Å². The topological polar surface area (TPSA) is 24.6 Å². The van der Waals surface area contributed by atoms with Crippen LogP contribution in [0.5, 0.6) is 0 Å². The first kappa shape index (κ1) is 45.8. The third-order valence-electron chi connectivity index (χ3n) is 17.3. The molecule has 2 aliphatic heterocycles. The molecule has 372 valence electrons. The van der Waals surface area contributed by atoms with Gasteiger partial charge in [0.1, 0.15) is 5.58 Å². The number of hydrogen-bond donors (Lipinski definition) is 0. The number of fused-ring (bicyclic) bond motifs is 7. The summed E-state index contributed by atoms with van der Waals surface area (Å²) in [6, 6.07) is 61.3. The molecule has 0 spiro atoms. The standard InChI is InChI=1S/C70H62BN3OS/c1-67(2,3)40-20-26-44(27-21-40)72-51-31-24-43(70(10,11)12)36-50(51)71-64-54(72)37-46(38-55(64)74(45-28-22-41(23-29-45)68(4,5)6)65-49-35-42(69(7,8)9)25-33-56(49)75-66(65)71)73-52-30-19-39-15-13-16-47-48-17-14-18-57-60(48)63-58(76-57)34-32-53(73)62(63)61(52)59(39)47/h13-38H,1-12H3. The van der Waals surface area contributed by atoms with Gasteiger partial charge in [-0.15, -0.1) is 11.3 Å². The molecule has 12 aromatic rings. The molecule has 0 saturated carbocycles. The van der Waals surface area contributed by atoms with Crippen molar-refractivity contribution >= 4 is 132 Å². The van der Waals surface area contributed by atoms with Crippen LogP contribution < -0.4 is 26.4 Å². The first-order valence-corrected chi connectivity index (χ1v) is 28.1. The average molecular weight is 1000 g/mol. The number of thiophene rings is 1. The van der Waals surface area contributed by atoms with Gasteiger partial charge in [0, 0.05) is 64.8 Å². The lowest BCUT2D eigenvalue weighted by Crippen LogP contribution is -2.61. The lowest BCUT2D eigenvalue weighted by atomic mass is 9.35. The van der Waals surface area contributed by atoms with Crippen LogP contribution in [-0.4, -0.2) is 11.3 Å². The van der Waals surface area contributed by atoms with Crippen molar-refractivity contribution in [3.63, 3.8) is 0 Å². The molecule has 5 heterocycles. The fourth-order valence-electron chi connectivity index (χ4n) is 13.3. The molecule has 76 heavy (non-hydrogen) atoms. The number of benzene rings is 9. The number of aromatic nitrogens is 1. The van der Waals surface area contributed by atoms with E-state index in [4.69, 9.17) is 4.42 Å². The Bertz CT molecular complexity index is 4500. The SMILES string of the molecule is CC(C)(C)c1ccc(N2c3ccc(C(C)(C)C)cc3B3c4oc5ccc(C(C)(C)C)cc5c4N(c4ccc(C(C)(C)C)cc4)c4cc(-n5c6ccc7cccc8c7c6c6c7c(ccc65)sc5cccc-8c57)cc2c43)cc1. The van der Waals surface area contributed by atoms with Crippen molar-refractivity contribution in [1.29, 1.82) is 0 Å². The molecule has 3 aliphatic rings. The van der Waals surface area contributed by atoms with Crippen LogP contribution in [0.15, 0.2) is 162 Å². The van der Waals surface area contributed by atoms with Crippen LogP contribution in [0.1, 0.15) is 105 Å². The second kappa shape index (κ2) is 15.1. The van der Waals surface area contributed by atoms with Gasteiger partial charge in [-0.2, -0.15) is 0 Å². The minimum absolute atomic E-state index is 0.000816. The van der Waals surface area contributed by atoms with E-state index in [9.17, 15) is 0 Å². The van der Waals surface area contributed by atoms with Gasteiger partial charge in [-0.3, -0.25) is 0 Å². The van der Waals surface area contributed by atoms with Gasteiger partial charge in [0.05, 0.1) is 28.1 Å². The molecule has 0 saturated heterocycles. The fourth-order valence-corrected chi connectivity index (χ4v) is 14.4. The Hall–Kier alpha value is -7.54. The van der Waals surface area contributed by atoms with Crippen molar-refractivity contribution < 1.29 is 4.42 Å². The lowest BCUT2D eigenvalue weighted by molar-refractivity contribution is 0.590. The molecular weight excluding hydrogens is 942 g/mol. The van der Waals surface area contributed by atoms with Crippen molar-refractivity contribution in [2.24, 2.45) is 0 Å². The maximum absolute atomic E-state index is 7.48. The molecule has 0 radical (unpaired) electrons. The molecule has 0 N–H and O–H groups in total. The molecule has 15 rings (SSSR count). The third kappa shape index (κ3) is 6.31. The van der Waals surface area contributed by atoms with E-state index < -0.39 is 0 Å². The van der Waals surface area contributed by atoms with Crippen LogP contribution in [0.25, 0.3) is 80.5 Å². The smallest absolute Gasteiger partial charge is 0.297 e. The van der Waals surface area contributed by atoms with Crippen molar-refractivity contribution in [3.8, 4) is 16.8 Å². The minimum Gasteiger partial charge on any atom is -0.468 e. The van der Waals surface area contributed by atoms with E-state index >= 15 is 0 Å². The highest BCUT2D eigenvalue weighted by molar-refractivity contribution is 7.26. The highest BCUT2D eigenvalue weighted by Crippen LogP contribution is 2.54. The molecule has 0 fully saturated rings. The maximum Gasteiger partial charge on any atom is 0.297 e. The van der Waals surface area contributed by atoms with Crippen LogP contribution in [0, 0.1) is 0 Å².